The first-order valence-corrected chi connectivity index (χ1v) is 8.23. The number of nitrogens with two attached hydrogens (primary N) is 3. The highest BCUT2D eigenvalue weighted by Gasteiger charge is 2.29. The summed E-state index contributed by atoms with van der Waals surface area (Å²) in [5.74, 6) is -4.76. The summed E-state index contributed by atoms with van der Waals surface area (Å²) in [6.07, 6.45) is 1.86. The van der Waals surface area contributed by atoms with Gasteiger partial charge in [0.05, 0.1) is 18.8 Å². The van der Waals surface area contributed by atoms with Gasteiger partial charge in [0.2, 0.25) is 23.6 Å². The number of hydrogen-bond acceptors (Lipinski definition) is 7. The Morgan fingerprint density at radius 3 is 2.21 bits per heavy atom. The lowest BCUT2D eigenvalue weighted by molar-refractivity contribution is -0.142. The number of amides is 4. The molecular weight excluding hydrogens is 374 g/mol. The second-order valence-electron chi connectivity index (χ2n) is 6.02. The van der Waals surface area contributed by atoms with Gasteiger partial charge >= 0.3 is 5.97 Å². The van der Waals surface area contributed by atoms with Crippen molar-refractivity contribution < 1.29 is 29.1 Å². The lowest BCUT2D eigenvalue weighted by Gasteiger charge is -2.22. The minimum Gasteiger partial charge on any atom is -0.480 e. The van der Waals surface area contributed by atoms with Crippen LogP contribution in [0.25, 0.3) is 0 Å². The third kappa shape index (κ3) is 7.82. The molecule has 0 unspecified atom stereocenters. The normalized spacial score (nSPS) is 13.8. The first kappa shape index (κ1) is 22.6. The molecule has 1 rings (SSSR count). The van der Waals surface area contributed by atoms with E-state index >= 15 is 0 Å². The number of carboxylic acid groups (broad SMARTS) is 1. The Morgan fingerprint density at radius 2 is 1.71 bits per heavy atom. The van der Waals surface area contributed by atoms with Gasteiger partial charge in [-0.05, 0) is 6.42 Å². The summed E-state index contributed by atoms with van der Waals surface area (Å²) < 4.78 is 0. The number of nitrogens with one attached hydrogen (secondary N) is 3. The number of primary amides is 2. The number of H-pyrrole nitrogens is 1. The van der Waals surface area contributed by atoms with E-state index in [-0.39, 0.29) is 19.3 Å². The Bertz CT molecular complexity index is 720. The molecule has 10 N–H and O–H groups in total. The molecule has 0 saturated carbocycles. The maximum Gasteiger partial charge on any atom is 0.326 e. The molecule has 3 atom stereocenters. The monoisotopic (exact) mass is 397 g/mol. The fourth-order valence-electron chi connectivity index (χ4n) is 2.23. The molecule has 0 fully saturated rings. The molecule has 13 nitrogen and oxygen atoms in total. The number of carboxylic acids is 1. The van der Waals surface area contributed by atoms with Gasteiger partial charge in [0.15, 0.2) is 0 Å². The van der Waals surface area contributed by atoms with E-state index < -0.39 is 54.1 Å². The summed E-state index contributed by atoms with van der Waals surface area (Å²) >= 11 is 0. The second kappa shape index (κ2) is 10.6. The van der Waals surface area contributed by atoms with Crippen LogP contribution in [0, 0.1) is 0 Å². The van der Waals surface area contributed by atoms with Crippen LogP contribution in [-0.2, 0) is 30.4 Å². The molecule has 0 aliphatic rings. The molecule has 154 valence electrons. The number of nitrogens with zero attached hydrogens (tertiary/aromatic N) is 1. The second-order valence-corrected chi connectivity index (χ2v) is 6.02. The van der Waals surface area contributed by atoms with Crippen LogP contribution in [-0.4, -0.2) is 62.8 Å². The van der Waals surface area contributed by atoms with Crippen molar-refractivity contribution >= 4 is 29.6 Å². The smallest absolute Gasteiger partial charge is 0.326 e. The largest absolute Gasteiger partial charge is 0.480 e. The van der Waals surface area contributed by atoms with Gasteiger partial charge in [0.25, 0.3) is 0 Å². The van der Waals surface area contributed by atoms with Gasteiger partial charge in [-0.1, -0.05) is 0 Å². The van der Waals surface area contributed by atoms with E-state index in [1.54, 1.807) is 0 Å². The number of imidazole rings is 1. The van der Waals surface area contributed by atoms with Crippen molar-refractivity contribution in [3.8, 4) is 0 Å². The molecule has 4 amide bonds. The third-order valence-corrected chi connectivity index (χ3v) is 3.66. The Kier molecular flexibility index (Phi) is 8.55. The topological polar surface area (TPSA) is 236 Å². The zero-order chi connectivity index (χ0) is 21.3. The zero-order valence-corrected chi connectivity index (χ0v) is 14.9. The van der Waals surface area contributed by atoms with Crippen LogP contribution >= 0.6 is 0 Å². The van der Waals surface area contributed by atoms with Crippen molar-refractivity contribution in [3.05, 3.63) is 18.2 Å². The molecule has 0 aliphatic heterocycles. The van der Waals surface area contributed by atoms with Crippen LogP contribution in [0.5, 0.6) is 0 Å². The highest BCUT2D eigenvalue weighted by molar-refractivity contribution is 5.94. The van der Waals surface area contributed by atoms with Gasteiger partial charge < -0.3 is 37.9 Å². The van der Waals surface area contributed by atoms with Crippen molar-refractivity contribution in [3.63, 3.8) is 0 Å². The van der Waals surface area contributed by atoms with Gasteiger partial charge in [-0.25, -0.2) is 9.78 Å². The average molecular weight is 397 g/mol. The average Bonchev–Trinajstić information content (AvgIpc) is 3.09. The van der Waals surface area contributed by atoms with E-state index in [9.17, 15) is 24.0 Å². The predicted molar refractivity (Wildman–Crippen MR) is 94.0 cm³/mol. The molecule has 0 aliphatic carbocycles. The van der Waals surface area contributed by atoms with E-state index in [2.05, 4.69) is 20.6 Å². The first-order valence-electron chi connectivity index (χ1n) is 8.23. The molecule has 1 heterocycles. The lowest BCUT2D eigenvalue weighted by atomic mass is 10.1. The van der Waals surface area contributed by atoms with Gasteiger partial charge in [0.1, 0.15) is 12.1 Å². The van der Waals surface area contributed by atoms with E-state index in [1.807, 2.05) is 0 Å². The zero-order valence-electron chi connectivity index (χ0n) is 14.9. The quantitative estimate of drug-likeness (QED) is 0.186. The maximum atomic E-state index is 12.3. The molecule has 1 aromatic rings. The number of rotatable bonds is 12. The highest BCUT2D eigenvalue weighted by Crippen LogP contribution is 2.02. The fourth-order valence-corrected chi connectivity index (χ4v) is 2.23. The molecule has 0 saturated heterocycles. The molecule has 0 bridgehead atoms. The lowest BCUT2D eigenvalue weighted by Crippen LogP contribution is -2.55. The molecule has 13 heteroatoms. The maximum absolute atomic E-state index is 12.3. The van der Waals surface area contributed by atoms with Crippen LogP contribution in [0.15, 0.2) is 12.5 Å². The Hall–Kier alpha value is -3.48. The van der Waals surface area contributed by atoms with Gasteiger partial charge in [-0.3, -0.25) is 19.2 Å². The number of aromatic nitrogens is 2. The predicted octanol–water partition coefficient (Wildman–Crippen LogP) is -3.53. The Labute approximate surface area is 159 Å². The van der Waals surface area contributed by atoms with Crippen molar-refractivity contribution in [1.82, 2.24) is 20.6 Å². The molecular formula is C15H23N7O6. The van der Waals surface area contributed by atoms with Crippen molar-refractivity contribution in [1.29, 1.82) is 0 Å². The van der Waals surface area contributed by atoms with Gasteiger partial charge in [-0.2, -0.15) is 0 Å². The van der Waals surface area contributed by atoms with Crippen LogP contribution in [0.4, 0.5) is 0 Å². The van der Waals surface area contributed by atoms with Gasteiger partial charge in [-0.15, -0.1) is 0 Å². The number of aromatic amines is 1. The summed E-state index contributed by atoms with van der Waals surface area (Å²) in [6.45, 7) is 0. The van der Waals surface area contributed by atoms with Gasteiger partial charge in [0, 0.05) is 24.7 Å². The SMILES string of the molecule is NC(=O)CC[C@H](NC(=O)[C@H](CC(N)=O)NC(=O)[C@@H](N)Cc1cnc[nH]1)C(=O)O. The van der Waals surface area contributed by atoms with E-state index in [0.29, 0.717) is 5.69 Å². The minimum atomic E-state index is -1.44. The standard InChI is InChI=1S/C15H23N7O6/c16-8(3-7-5-19-6-20-7)13(25)22-10(4-12(18)24)14(26)21-9(15(27)28)1-2-11(17)23/h5-6,8-10H,1-4,16H2,(H2,17,23)(H2,18,24)(H,19,20)(H,21,26)(H,22,25)(H,27,28)/t8-,9-,10-/m0/s1. The van der Waals surface area contributed by atoms with Crippen LogP contribution in [0.3, 0.4) is 0 Å². The number of hydrogen-bond donors (Lipinski definition) is 7. The number of aliphatic carboxylic acids is 1. The van der Waals surface area contributed by atoms with Crippen LogP contribution < -0.4 is 27.8 Å². The van der Waals surface area contributed by atoms with Crippen molar-refractivity contribution in [2.24, 2.45) is 17.2 Å². The Balaban J connectivity index is 2.77. The summed E-state index contributed by atoms with van der Waals surface area (Å²) in [6, 6.07) is -3.94. The molecule has 0 aromatic carbocycles. The molecule has 28 heavy (non-hydrogen) atoms. The minimum absolute atomic E-state index is 0.0904. The summed E-state index contributed by atoms with van der Waals surface area (Å²) in [5.41, 5.74) is 16.4. The van der Waals surface area contributed by atoms with Crippen LogP contribution in [0.1, 0.15) is 25.0 Å². The summed E-state index contributed by atoms with van der Waals surface area (Å²) in [5, 5.41) is 13.6. The van der Waals surface area contributed by atoms with Crippen molar-refractivity contribution in [2.45, 2.75) is 43.8 Å². The summed E-state index contributed by atoms with van der Waals surface area (Å²) in [4.78, 5) is 64.4. The molecule has 1 aromatic heterocycles. The van der Waals surface area contributed by atoms with E-state index in [1.165, 1.54) is 12.5 Å². The third-order valence-electron chi connectivity index (χ3n) is 3.66. The number of carbonyl (C=O) groups excluding carboxylic acids is 4. The van der Waals surface area contributed by atoms with Crippen molar-refractivity contribution in [2.75, 3.05) is 0 Å². The highest BCUT2D eigenvalue weighted by atomic mass is 16.4. The first-order chi connectivity index (χ1) is 13.1. The van der Waals surface area contributed by atoms with Crippen LogP contribution in [0.2, 0.25) is 0 Å². The summed E-state index contributed by atoms with van der Waals surface area (Å²) in [7, 11) is 0. The van der Waals surface area contributed by atoms with E-state index in [0.717, 1.165) is 0 Å². The number of carbonyl (C=O) groups is 5. The fraction of sp³-hybridized carbons (Fsp3) is 0.467. The Morgan fingerprint density at radius 1 is 1.07 bits per heavy atom. The van der Waals surface area contributed by atoms with E-state index in [4.69, 9.17) is 22.3 Å². The molecule has 0 spiro atoms. The molecule has 0 radical (unpaired) electrons.